The number of aliphatic hydroxyl groups is 1. The fourth-order valence-electron chi connectivity index (χ4n) is 2.33. The molecule has 2 N–H and O–H groups in total. The molecule has 1 aromatic heterocycles. The summed E-state index contributed by atoms with van der Waals surface area (Å²) in [6.45, 7) is 7.25. The second-order valence-corrected chi connectivity index (χ2v) is 7.20. The van der Waals surface area contributed by atoms with Gasteiger partial charge in [-0.05, 0) is 45.4 Å². The maximum absolute atomic E-state index is 10.1. The minimum absolute atomic E-state index is 0.664. The molecule has 3 rings (SSSR count). The summed E-state index contributed by atoms with van der Waals surface area (Å²) in [6.07, 6.45) is 0. The lowest BCUT2D eigenvalue weighted by Gasteiger charge is -2.37. The predicted octanol–water partition coefficient (Wildman–Crippen LogP) is 3.65. The Balaban J connectivity index is 1.74. The number of para-hydroxylation sites is 1. The van der Waals surface area contributed by atoms with Crippen molar-refractivity contribution in [2.45, 2.75) is 38.9 Å². The molecule has 0 aliphatic heterocycles. The Morgan fingerprint density at radius 2 is 1.62 bits per heavy atom. The normalized spacial score (nSPS) is 12.5. The first kappa shape index (κ1) is 16.8. The molecule has 0 saturated heterocycles. The van der Waals surface area contributed by atoms with Gasteiger partial charge >= 0.3 is 7.48 Å². The van der Waals surface area contributed by atoms with Crippen LogP contribution in [0.1, 0.15) is 27.7 Å². The maximum atomic E-state index is 10.1. The number of benzene rings is 2. The molecule has 4 heteroatoms. The minimum Gasteiger partial charge on any atom is -0.427 e. The van der Waals surface area contributed by atoms with Gasteiger partial charge in [0.25, 0.3) is 0 Å². The number of hydrogen-bond acceptors (Lipinski definition) is 2. The van der Waals surface area contributed by atoms with Crippen molar-refractivity contribution < 1.29 is 9.76 Å². The van der Waals surface area contributed by atoms with Crippen molar-refractivity contribution in [3.05, 3.63) is 54.6 Å². The van der Waals surface area contributed by atoms with Gasteiger partial charge in [-0.2, -0.15) is 0 Å². The van der Waals surface area contributed by atoms with Gasteiger partial charge in [-0.3, -0.25) is 0 Å². The Morgan fingerprint density at radius 3 is 2.25 bits per heavy atom. The van der Waals surface area contributed by atoms with Gasteiger partial charge in [-0.1, -0.05) is 47.9 Å². The van der Waals surface area contributed by atoms with E-state index in [0.717, 1.165) is 22.2 Å². The van der Waals surface area contributed by atoms with Crippen molar-refractivity contribution >= 4 is 23.8 Å². The molecule has 2 aromatic carbocycles. The average Bonchev–Trinajstić information content (AvgIpc) is 2.96. The molecule has 0 spiro atoms. The highest BCUT2D eigenvalue weighted by molar-refractivity contribution is 6.47. The van der Waals surface area contributed by atoms with Crippen LogP contribution in [0.5, 0.6) is 0 Å². The van der Waals surface area contributed by atoms with E-state index in [0.29, 0.717) is 0 Å². The van der Waals surface area contributed by atoms with Gasteiger partial charge in [0.15, 0.2) is 0 Å². The Morgan fingerprint density at radius 1 is 0.958 bits per heavy atom. The van der Waals surface area contributed by atoms with E-state index in [1.165, 1.54) is 5.39 Å². The minimum atomic E-state index is -0.923. The number of nitrogens with one attached hydrogen (secondary N) is 1. The van der Waals surface area contributed by atoms with Gasteiger partial charge in [0.1, 0.15) is 0 Å². The Kier molecular flexibility index (Phi) is 4.28. The van der Waals surface area contributed by atoms with Crippen LogP contribution in [-0.2, 0) is 4.65 Å². The Bertz CT molecular complexity index is 796. The highest BCUT2D eigenvalue weighted by atomic mass is 16.5. The summed E-state index contributed by atoms with van der Waals surface area (Å²) in [5, 5.41) is 11.3. The fraction of sp³-hybridized carbons (Fsp3) is 0.300. The molecule has 0 atom stereocenters. The first-order valence-corrected chi connectivity index (χ1v) is 8.18. The number of rotatable bonds is 5. The zero-order valence-corrected chi connectivity index (χ0v) is 14.6. The number of H-pyrrole nitrogens is 1. The smallest absolute Gasteiger partial charge is 0.330 e. The van der Waals surface area contributed by atoms with Gasteiger partial charge < -0.3 is 14.7 Å². The molecule has 0 bridgehead atoms. The molecule has 1 radical (unpaired) electrons. The molecule has 123 valence electrons. The molecule has 0 aliphatic rings. The quantitative estimate of drug-likeness (QED) is 0.705. The summed E-state index contributed by atoms with van der Waals surface area (Å²) in [7, 11) is 1.70. The topological polar surface area (TPSA) is 45.2 Å². The summed E-state index contributed by atoms with van der Waals surface area (Å²) >= 11 is 0. The third-order valence-corrected chi connectivity index (χ3v) is 4.71. The lowest BCUT2D eigenvalue weighted by molar-refractivity contribution is -0.0893. The van der Waals surface area contributed by atoms with Crippen molar-refractivity contribution in [2.75, 3.05) is 0 Å². The lowest BCUT2D eigenvalue weighted by Crippen LogP contribution is -2.49. The zero-order valence-electron chi connectivity index (χ0n) is 14.6. The van der Waals surface area contributed by atoms with Crippen LogP contribution in [0.2, 0.25) is 0 Å². The third-order valence-electron chi connectivity index (χ3n) is 4.71. The molecule has 0 unspecified atom stereocenters. The largest absolute Gasteiger partial charge is 0.427 e. The summed E-state index contributed by atoms with van der Waals surface area (Å²) in [5.41, 5.74) is 2.74. The molecule has 24 heavy (non-hydrogen) atoms. The summed E-state index contributed by atoms with van der Waals surface area (Å²) in [6, 6.07) is 18.6. The molecule has 3 aromatic rings. The molecule has 0 saturated carbocycles. The van der Waals surface area contributed by atoms with E-state index >= 15 is 0 Å². The first-order valence-electron chi connectivity index (χ1n) is 8.18. The van der Waals surface area contributed by atoms with Crippen LogP contribution in [0.3, 0.4) is 0 Å². The first-order chi connectivity index (χ1) is 11.3. The van der Waals surface area contributed by atoms with E-state index in [1.54, 1.807) is 21.3 Å². The second kappa shape index (κ2) is 6.12. The van der Waals surface area contributed by atoms with Crippen molar-refractivity contribution in [1.82, 2.24) is 4.98 Å². The Labute approximate surface area is 143 Å². The zero-order chi connectivity index (χ0) is 17.4. The van der Waals surface area contributed by atoms with E-state index in [4.69, 9.17) is 4.65 Å². The van der Waals surface area contributed by atoms with Gasteiger partial charge in [-0.25, -0.2) is 0 Å². The molecule has 0 fully saturated rings. The molecule has 0 amide bonds. The van der Waals surface area contributed by atoms with Gasteiger partial charge in [0.2, 0.25) is 0 Å². The van der Waals surface area contributed by atoms with Crippen LogP contribution in [0.15, 0.2) is 54.6 Å². The van der Waals surface area contributed by atoms with Crippen LogP contribution < -0.4 is 5.46 Å². The number of aromatic amines is 1. The van der Waals surface area contributed by atoms with Crippen molar-refractivity contribution in [3.63, 3.8) is 0 Å². The standard InChI is InChI=1S/C20H23BNO2/c1-19(2,23)20(3,4)24-21-16-11-9-14(10-12-16)18-13-15-7-5-6-8-17(15)22-18/h5-13,22-23H,1-4H3. The lowest BCUT2D eigenvalue weighted by atomic mass is 9.82. The fourth-order valence-corrected chi connectivity index (χ4v) is 2.33. The van der Waals surface area contributed by atoms with E-state index in [9.17, 15) is 5.11 Å². The summed E-state index contributed by atoms with van der Waals surface area (Å²) in [4.78, 5) is 3.43. The van der Waals surface area contributed by atoms with Crippen LogP contribution >= 0.6 is 0 Å². The molecular formula is C20H23BNO2. The van der Waals surface area contributed by atoms with Crippen LogP contribution in [0, 0.1) is 0 Å². The highest BCUT2D eigenvalue weighted by Crippen LogP contribution is 2.25. The predicted molar refractivity (Wildman–Crippen MR) is 101 cm³/mol. The molecule has 0 aliphatic carbocycles. The van der Waals surface area contributed by atoms with Crippen molar-refractivity contribution in [1.29, 1.82) is 0 Å². The number of fused-ring (bicyclic) bond motifs is 1. The van der Waals surface area contributed by atoms with E-state index in [2.05, 4.69) is 35.3 Å². The number of aromatic nitrogens is 1. The summed E-state index contributed by atoms with van der Waals surface area (Å²) in [5.74, 6) is 0. The van der Waals surface area contributed by atoms with E-state index in [1.807, 2.05) is 38.1 Å². The molecular weight excluding hydrogens is 297 g/mol. The second-order valence-electron chi connectivity index (χ2n) is 7.20. The van der Waals surface area contributed by atoms with E-state index < -0.39 is 11.2 Å². The number of hydrogen-bond donors (Lipinski definition) is 2. The maximum Gasteiger partial charge on any atom is 0.330 e. The van der Waals surface area contributed by atoms with Crippen LogP contribution in [0.25, 0.3) is 22.2 Å². The Hall–Kier alpha value is -2.04. The van der Waals surface area contributed by atoms with Crippen molar-refractivity contribution in [2.24, 2.45) is 0 Å². The average molecular weight is 320 g/mol. The van der Waals surface area contributed by atoms with E-state index in [-0.39, 0.29) is 0 Å². The third kappa shape index (κ3) is 3.40. The highest BCUT2D eigenvalue weighted by Gasteiger charge is 2.35. The molecule has 3 nitrogen and oxygen atoms in total. The van der Waals surface area contributed by atoms with Crippen molar-refractivity contribution in [3.8, 4) is 11.3 Å². The van der Waals surface area contributed by atoms with Crippen LogP contribution in [-0.4, -0.2) is 28.8 Å². The monoisotopic (exact) mass is 320 g/mol. The SMILES string of the molecule is CC(C)(O)C(C)(C)O[B]c1ccc(-c2cc3ccccc3[nH]2)cc1. The van der Waals surface area contributed by atoms with Gasteiger partial charge in [-0.15, -0.1) is 0 Å². The summed E-state index contributed by atoms with van der Waals surface area (Å²) < 4.78 is 5.79. The van der Waals surface area contributed by atoms with Crippen LogP contribution in [0.4, 0.5) is 0 Å². The van der Waals surface area contributed by atoms with Gasteiger partial charge in [0.05, 0.1) is 11.2 Å². The molecule has 1 heterocycles. The van der Waals surface area contributed by atoms with Gasteiger partial charge in [0, 0.05) is 16.6 Å².